The summed E-state index contributed by atoms with van der Waals surface area (Å²) >= 11 is 1.37. The van der Waals surface area contributed by atoms with Crippen LogP contribution in [0.5, 0.6) is 0 Å². The highest BCUT2D eigenvalue weighted by atomic mass is 32.2. The fraction of sp³-hybridized carbons (Fsp3) is 0.190. The first-order chi connectivity index (χ1) is 13.3. The minimum atomic E-state index is 0.126. The first-order valence-corrected chi connectivity index (χ1v) is 9.89. The second-order valence-electron chi connectivity index (χ2n) is 6.37. The number of hydrogen-bond acceptors (Lipinski definition) is 4. The lowest BCUT2D eigenvalue weighted by Gasteiger charge is -2.28. The van der Waals surface area contributed by atoms with Crippen LogP contribution >= 0.6 is 11.8 Å². The van der Waals surface area contributed by atoms with E-state index in [1.54, 1.807) is 0 Å². The molecular weight excluding hydrogens is 356 g/mol. The first kappa shape index (κ1) is 17.5. The zero-order valence-electron chi connectivity index (χ0n) is 14.8. The molecule has 1 aliphatic rings. The van der Waals surface area contributed by atoms with E-state index in [2.05, 4.69) is 33.4 Å². The molecule has 1 aromatic heterocycles. The third kappa shape index (κ3) is 4.46. The summed E-state index contributed by atoms with van der Waals surface area (Å²) in [6.07, 6.45) is 4.78. The van der Waals surface area contributed by atoms with Gasteiger partial charge in [-0.1, -0.05) is 72.4 Å². The van der Waals surface area contributed by atoms with E-state index in [-0.39, 0.29) is 5.91 Å². The smallest absolute Gasteiger partial charge is 0.233 e. The van der Waals surface area contributed by atoms with Crippen molar-refractivity contribution in [2.75, 3.05) is 12.3 Å². The number of amides is 1. The van der Waals surface area contributed by atoms with Crippen LogP contribution < -0.4 is 0 Å². The first-order valence-electron chi connectivity index (χ1n) is 8.91. The van der Waals surface area contributed by atoms with Crippen molar-refractivity contribution in [3.63, 3.8) is 0 Å². The molecule has 1 aliphatic heterocycles. The van der Waals surface area contributed by atoms with E-state index in [0.717, 1.165) is 18.5 Å². The molecule has 27 heavy (non-hydrogen) atoms. The minimum Gasteiger partial charge on any atom is -0.337 e. The van der Waals surface area contributed by atoms with Gasteiger partial charge in [-0.05, 0) is 29.2 Å². The molecule has 2 aromatic carbocycles. The van der Waals surface area contributed by atoms with E-state index in [0.29, 0.717) is 23.3 Å². The monoisotopic (exact) mass is 376 g/mol. The van der Waals surface area contributed by atoms with Crippen molar-refractivity contribution in [2.24, 2.45) is 0 Å². The Morgan fingerprint density at radius 1 is 1.07 bits per heavy atom. The van der Waals surface area contributed by atoms with Crippen LogP contribution in [0.4, 0.5) is 0 Å². The van der Waals surface area contributed by atoms with Gasteiger partial charge in [0.15, 0.2) is 0 Å². The maximum absolute atomic E-state index is 12.5. The predicted molar refractivity (Wildman–Crippen MR) is 108 cm³/mol. The summed E-state index contributed by atoms with van der Waals surface area (Å²) in [7, 11) is 0. The number of hydrogen-bond donors (Lipinski definition) is 1. The number of carbonyl (C=O) groups is 1. The average Bonchev–Trinajstić information content (AvgIpc) is 3.19. The number of thioether (sulfide) groups is 1. The molecular formula is C21H20N4OS. The molecule has 0 radical (unpaired) electrons. The van der Waals surface area contributed by atoms with Crippen molar-refractivity contribution in [1.82, 2.24) is 20.1 Å². The summed E-state index contributed by atoms with van der Waals surface area (Å²) in [4.78, 5) is 18.9. The van der Waals surface area contributed by atoms with E-state index in [9.17, 15) is 4.79 Å². The van der Waals surface area contributed by atoms with Gasteiger partial charge in [-0.3, -0.25) is 9.89 Å². The predicted octanol–water partition coefficient (Wildman–Crippen LogP) is 3.65. The molecule has 1 amide bonds. The number of H-pyrrole nitrogens is 1. The summed E-state index contributed by atoms with van der Waals surface area (Å²) in [5.74, 6) is 1.16. The van der Waals surface area contributed by atoms with Gasteiger partial charge < -0.3 is 4.90 Å². The standard InChI is InChI=1S/C21H20N4OS/c26-20(25-13-12-17-8-4-5-9-18(17)14-25)15-27-21-22-19(23-24-21)11-10-16-6-2-1-3-7-16/h1-11H,12-15H2,(H,22,23,24)/b11-10+. The largest absolute Gasteiger partial charge is 0.337 e. The van der Waals surface area contributed by atoms with Crippen molar-refractivity contribution in [3.8, 4) is 0 Å². The van der Waals surface area contributed by atoms with Crippen LogP contribution in [0.1, 0.15) is 22.5 Å². The molecule has 5 nitrogen and oxygen atoms in total. The van der Waals surface area contributed by atoms with Gasteiger partial charge in [0.1, 0.15) is 5.82 Å². The van der Waals surface area contributed by atoms with Crippen molar-refractivity contribution in [3.05, 3.63) is 77.1 Å². The number of fused-ring (bicyclic) bond motifs is 1. The fourth-order valence-corrected chi connectivity index (χ4v) is 3.77. The molecule has 0 spiro atoms. The second kappa shape index (κ2) is 8.22. The molecule has 6 heteroatoms. The zero-order valence-corrected chi connectivity index (χ0v) is 15.7. The molecule has 136 valence electrons. The number of carbonyl (C=O) groups excluding carboxylic acids is 1. The van der Waals surface area contributed by atoms with Gasteiger partial charge in [-0.25, -0.2) is 4.98 Å². The summed E-state index contributed by atoms with van der Waals surface area (Å²) in [6.45, 7) is 1.46. The summed E-state index contributed by atoms with van der Waals surface area (Å²) in [6, 6.07) is 18.3. The SMILES string of the molecule is O=C(CSc1n[nH]c(/C=C/c2ccccc2)n1)N1CCc2ccccc2C1. The summed E-state index contributed by atoms with van der Waals surface area (Å²) < 4.78 is 0. The molecule has 0 unspecified atom stereocenters. The van der Waals surface area contributed by atoms with E-state index >= 15 is 0 Å². The summed E-state index contributed by atoms with van der Waals surface area (Å²) in [5.41, 5.74) is 3.69. The van der Waals surface area contributed by atoms with E-state index in [1.165, 1.54) is 22.9 Å². The molecule has 0 bridgehead atoms. The number of rotatable bonds is 5. The Kier molecular flexibility index (Phi) is 5.34. The van der Waals surface area contributed by atoms with Gasteiger partial charge in [-0.2, -0.15) is 0 Å². The molecule has 0 fully saturated rings. The van der Waals surface area contributed by atoms with Crippen LogP contribution in [-0.4, -0.2) is 38.3 Å². The Bertz CT molecular complexity index is 952. The Hall–Kier alpha value is -2.86. The van der Waals surface area contributed by atoms with E-state index in [4.69, 9.17) is 0 Å². The van der Waals surface area contributed by atoms with Gasteiger partial charge in [0.25, 0.3) is 0 Å². The lowest BCUT2D eigenvalue weighted by molar-refractivity contribution is -0.129. The third-order valence-electron chi connectivity index (χ3n) is 4.52. The van der Waals surface area contributed by atoms with E-state index < -0.39 is 0 Å². The molecule has 0 saturated heterocycles. The zero-order chi connectivity index (χ0) is 18.5. The van der Waals surface area contributed by atoms with Crippen LogP contribution in [0.15, 0.2) is 59.8 Å². The van der Waals surface area contributed by atoms with Crippen LogP contribution in [0.25, 0.3) is 12.2 Å². The highest BCUT2D eigenvalue weighted by Crippen LogP contribution is 2.20. The Labute approximate surface area is 162 Å². The average molecular weight is 376 g/mol. The molecule has 2 heterocycles. The number of aromatic nitrogens is 3. The molecule has 1 N–H and O–H groups in total. The minimum absolute atomic E-state index is 0.126. The van der Waals surface area contributed by atoms with Crippen molar-refractivity contribution in [1.29, 1.82) is 0 Å². The van der Waals surface area contributed by atoms with Crippen molar-refractivity contribution >= 4 is 29.8 Å². The van der Waals surface area contributed by atoms with Gasteiger partial charge in [0.05, 0.1) is 5.75 Å². The summed E-state index contributed by atoms with van der Waals surface area (Å²) in [5, 5.41) is 7.68. The lowest BCUT2D eigenvalue weighted by atomic mass is 10.00. The number of aromatic amines is 1. The van der Waals surface area contributed by atoms with Gasteiger partial charge in [0, 0.05) is 13.1 Å². The maximum Gasteiger partial charge on any atom is 0.233 e. The fourth-order valence-electron chi connectivity index (χ4n) is 3.06. The van der Waals surface area contributed by atoms with E-state index in [1.807, 2.05) is 53.5 Å². The van der Waals surface area contributed by atoms with Gasteiger partial charge >= 0.3 is 0 Å². The van der Waals surface area contributed by atoms with Crippen LogP contribution in [0.3, 0.4) is 0 Å². The highest BCUT2D eigenvalue weighted by Gasteiger charge is 2.20. The normalized spacial score (nSPS) is 13.7. The Balaban J connectivity index is 1.31. The topological polar surface area (TPSA) is 61.9 Å². The van der Waals surface area contributed by atoms with Crippen molar-refractivity contribution in [2.45, 2.75) is 18.1 Å². The van der Waals surface area contributed by atoms with Gasteiger partial charge in [0.2, 0.25) is 11.1 Å². The highest BCUT2D eigenvalue weighted by molar-refractivity contribution is 7.99. The van der Waals surface area contributed by atoms with Crippen molar-refractivity contribution < 1.29 is 4.79 Å². The second-order valence-corrected chi connectivity index (χ2v) is 7.31. The number of nitrogens with zero attached hydrogens (tertiary/aromatic N) is 3. The molecule has 0 aliphatic carbocycles. The Morgan fingerprint density at radius 3 is 2.70 bits per heavy atom. The molecule has 3 aromatic rings. The maximum atomic E-state index is 12.5. The molecule has 0 atom stereocenters. The molecule has 4 rings (SSSR count). The quantitative estimate of drug-likeness (QED) is 0.691. The van der Waals surface area contributed by atoms with Crippen LogP contribution in [0.2, 0.25) is 0 Å². The van der Waals surface area contributed by atoms with Gasteiger partial charge in [-0.15, -0.1) is 5.10 Å². The third-order valence-corrected chi connectivity index (χ3v) is 5.36. The number of benzene rings is 2. The number of nitrogens with one attached hydrogen (secondary N) is 1. The van der Waals surface area contributed by atoms with Crippen LogP contribution in [-0.2, 0) is 17.8 Å². The Morgan fingerprint density at radius 2 is 1.85 bits per heavy atom. The van der Waals surface area contributed by atoms with Crippen LogP contribution in [0, 0.1) is 0 Å². The molecule has 0 saturated carbocycles. The lowest BCUT2D eigenvalue weighted by Crippen LogP contribution is -2.37.